The van der Waals surface area contributed by atoms with Crippen LogP contribution >= 0.6 is 0 Å². The predicted molar refractivity (Wildman–Crippen MR) is 104 cm³/mol. The van der Waals surface area contributed by atoms with E-state index < -0.39 is 0 Å². The van der Waals surface area contributed by atoms with Crippen molar-refractivity contribution in [2.45, 2.75) is 31.9 Å². The zero-order chi connectivity index (χ0) is 18.0. The topological polar surface area (TPSA) is 41.6 Å². The Bertz CT molecular complexity index is 660. The molecule has 0 saturated carbocycles. The maximum Gasteiger partial charge on any atom is 0.220 e. The molecule has 0 unspecified atom stereocenters. The van der Waals surface area contributed by atoms with Crippen LogP contribution in [0.1, 0.15) is 24.0 Å². The first-order valence-corrected chi connectivity index (χ1v) is 9.48. The second kappa shape index (κ2) is 10.1. The van der Waals surface area contributed by atoms with Crippen LogP contribution in [0.3, 0.4) is 0 Å². The molecule has 1 N–H and O–H groups in total. The molecule has 1 fully saturated rings. The average Bonchev–Trinajstić information content (AvgIpc) is 2.68. The van der Waals surface area contributed by atoms with E-state index in [1.807, 2.05) is 24.3 Å². The van der Waals surface area contributed by atoms with Gasteiger partial charge < -0.3 is 10.1 Å². The van der Waals surface area contributed by atoms with E-state index in [-0.39, 0.29) is 12.0 Å². The molecule has 26 heavy (non-hydrogen) atoms. The first-order valence-electron chi connectivity index (χ1n) is 9.48. The van der Waals surface area contributed by atoms with Gasteiger partial charge in [-0.2, -0.15) is 0 Å². The van der Waals surface area contributed by atoms with Gasteiger partial charge in [-0.25, -0.2) is 0 Å². The summed E-state index contributed by atoms with van der Waals surface area (Å²) in [6, 6.07) is 20.8. The van der Waals surface area contributed by atoms with Crippen LogP contribution in [0.2, 0.25) is 0 Å². The van der Waals surface area contributed by atoms with Crippen LogP contribution in [0.4, 0.5) is 0 Å². The molecule has 1 atom stereocenters. The number of carbonyl (C=O) groups is 1. The number of nitrogens with one attached hydrogen (secondary N) is 1. The van der Waals surface area contributed by atoms with Gasteiger partial charge in [0.15, 0.2) is 0 Å². The standard InChI is InChI=1S/C22H28N2O2/c25-22(13-7-12-19-8-3-1-4-9-19)23-16-21-18-24(14-15-26-21)17-20-10-5-2-6-11-20/h1-6,8-11,21H,7,12-18H2,(H,23,25)/t21-/m1/s1. The second-order valence-electron chi connectivity index (χ2n) is 6.86. The number of hydrogen-bond donors (Lipinski definition) is 1. The summed E-state index contributed by atoms with van der Waals surface area (Å²) in [6.45, 7) is 4.05. The molecule has 0 radical (unpaired) electrons. The van der Waals surface area contributed by atoms with Crippen LogP contribution in [-0.2, 0) is 22.5 Å². The Morgan fingerprint density at radius 1 is 1.04 bits per heavy atom. The van der Waals surface area contributed by atoms with Crippen molar-refractivity contribution < 1.29 is 9.53 Å². The molecule has 3 rings (SSSR count). The van der Waals surface area contributed by atoms with Gasteiger partial charge in [0.25, 0.3) is 0 Å². The summed E-state index contributed by atoms with van der Waals surface area (Å²) >= 11 is 0. The lowest BCUT2D eigenvalue weighted by molar-refractivity contribution is -0.122. The van der Waals surface area contributed by atoms with Crippen LogP contribution in [0.5, 0.6) is 0 Å². The number of ether oxygens (including phenoxy) is 1. The highest BCUT2D eigenvalue weighted by Gasteiger charge is 2.20. The van der Waals surface area contributed by atoms with Crippen LogP contribution in [0, 0.1) is 0 Å². The van der Waals surface area contributed by atoms with E-state index in [1.165, 1.54) is 11.1 Å². The van der Waals surface area contributed by atoms with Gasteiger partial charge in [-0.1, -0.05) is 60.7 Å². The molecule has 1 aliphatic rings. The number of carbonyl (C=O) groups excluding carboxylic acids is 1. The van der Waals surface area contributed by atoms with Crippen molar-refractivity contribution in [1.82, 2.24) is 10.2 Å². The van der Waals surface area contributed by atoms with E-state index in [4.69, 9.17) is 4.74 Å². The van der Waals surface area contributed by atoms with Crippen molar-refractivity contribution in [3.63, 3.8) is 0 Å². The second-order valence-corrected chi connectivity index (χ2v) is 6.86. The maximum atomic E-state index is 12.1. The molecule has 0 bridgehead atoms. The number of hydrogen-bond acceptors (Lipinski definition) is 3. The SMILES string of the molecule is O=C(CCCc1ccccc1)NC[C@@H]1CN(Cc2ccccc2)CCO1. The Balaban J connectivity index is 1.34. The number of nitrogens with zero attached hydrogens (tertiary/aromatic N) is 1. The Hall–Kier alpha value is -2.17. The molecule has 4 heteroatoms. The van der Waals surface area contributed by atoms with Crippen LogP contribution in [0.15, 0.2) is 60.7 Å². The summed E-state index contributed by atoms with van der Waals surface area (Å²) in [6.07, 6.45) is 2.46. The quantitative estimate of drug-likeness (QED) is 0.794. The van der Waals surface area contributed by atoms with Crippen LogP contribution in [0.25, 0.3) is 0 Å². The first-order chi connectivity index (χ1) is 12.8. The Kier molecular flexibility index (Phi) is 7.23. The van der Waals surface area contributed by atoms with E-state index in [2.05, 4.69) is 46.6 Å². The summed E-state index contributed by atoms with van der Waals surface area (Å²) in [7, 11) is 0. The predicted octanol–water partition coefficient (Wildman–Crippen LogP) is 3.03. The minimum Gasteiger partial charge on any atom is -0.374 e. The van der Waals surface area contributed by atoms with Crippen molar-refractivity contribution in [1.29, 1.82) is 0 Å². The van der Waals surface area contributed by atoms with Crippen molar-refractivity contribution in [3.05, 3.63) is 71.8 Å². The minimum atomic E-state index is 0.0746. The molecular weight excluding hydrogens is 324 g/mol. The van der Waals surface area contributed by atoms with Gasteiger partial charge in [-0.3, -0.25) is 9.69 Å². The van der Waals surface area contributed by atoms with Crippen molar-refractivity contribution in [2.24, 2.45) is 0 Å². The molecule has 1 saturated heterocycles. The lowest BCUT2D eigenvalue weighted by Crippen LogP contribution is -2.47. The van der Waals surface area contributed by atoms with E-state index >= 15 is 0 Å². The summed E-state index contributed by atoms with van der Waals surface area (Å²) in [5.41, 5.74) is 2.60. The fourth-order valence-corrected chi connectivity index (χ4v) is 3.30. The molecule has 0 spiro atoms. The minimum absolute atomic E-state index is 0.0746. The fourth-order valence-electron chi connectivity index (χ4n) is 3.30. The van der Waals surface area contributed by atoms with Gasteiger partial charge >= 0.3 is 0 Å². The molecule has 4 nitrogen and oxygen atoms in total. The molecule has 2 aromatic carbocycles. The Morgan fingerprint density at radius 2 is 1.73 bits per heavy atom. The van der Waals surface area contributed by atoms with Crippen molar-refractivity contribution in [2.75, 3.05) is 26.2 Å². The maximum absolute atomic E-state index is 12.1. The third-order valence-corrected chi connectivity index (χ3v) is 4.71. The summed E-state index contributed by atoms with van der Waals surface area (Å²) in [4.78, 5) is 14.5. The molecule has 1 aliphatic heterocycles. The third-order valence-electron chi connectivity index (χ3n) is 4.71. The smallest absolute Gasteiger partial charge is 0.220 e. The highest BCUT2D eigenvalue weighted by atomic mass is 16.5. The highest BCUT2D eigenvalue weighted by Crippen LogP contribution is 2.10. The van der Waals surface area contributed by atoms with Gasteiger partial charge in [0.2, 0.25) is 5.91 Å². The zero-order valence-electron chi connectivity index (χ0n) is 15.3. The number of aryl methyl sites for hydroxylation is 1. The molecule has 0 aromatic heterocycles. The molecule has 2 aromatic rings. The van der Waals surface area contributed by atoms with Gasteiger partial charge in [-0.15, -0.1) is 0 Å². The molecular formula is C22H28N2O2. The largest absolute Gasteiger partial charge is 0.374 e. The highest BCUT2D eigenvalue weighted by molar-refractivity contribution is 5.75. The molecule has 1 heterocycles. The summed E-state index contributed by atoms with van der Waals surface area (Å²) < 4.78 is 5.81. The first kappa shape index (κ1) is 18.6. The summed E-state index contributed by atoms with van der Waals surface area (Å²) in [5.74, 6) is 0.115. The molecule has 138 valence electrons. The fraction of sp³-hybridized carbons (Fsp3) is 0.409. The molecule has 0 aliphatic carbocycles. The van der Waals surface area contributed by atoms with Crippen LogP contribution in [-0.4, -0.2) is 43.2 Å². The van der Waals surface area contributed by atoms with Gasteiger partial charge in [-0.05, 0) is 24.0 Å². The van der Waals surface area contributed by atoms with E-state index in [9.17, 15) is 4.79 Å². The van der Waals surface area contributed by atoms with Crippen molar-refractivity contribution >= 4 is 5.91 Å². The number of morpholine rings is 1. The van der Waals surface area contributed by atoms with Crippen LogP contribution < -0.4 is 5.32 Å². The monoisotopic (exact) mass is 352 g/mol. The van der Waals surface area contributed by atoms with Gasteiger partial charge in [0.05, 0.1) is 12.7 Å². The summed E-state index contributed by atoms with van der Waals surface area (Å²) in [5, 5.41) is 3.03. The molecule has 1 amide bonds. The number of amides is 1. The van der Waals surface area contributed by atoms with E-state index in [0.717, 1.165) is 39.1 Å². The lowest BCUT2D eigenvalue weighted by Gasteiger charge is -2.33. The number of rotatable bonds is 8. The Morgan fingerprint density at radius 3 is 2.46 bits per heavy atom. The van der Waals surface area contributed by atoms with Crippen molar-refractivity contribution in [3.8, 4) is 0 Å². The van der Waals surface area contributed by atoms with Gasteiger partial charge in [0, 0.05) is 32.6 Å². The average molecular weight is 352 g/mol. The zero-order valence-corrected chi connectivity index (χ0v) is 15.3. The van der Waals surface area contributed by atoms with E-state index in [1.54, 1.807) is 0 Å². The third kappa shape index (κ3) is 6.28. The lowest BCUT2D eigenvalue weighted by atomic mass is 10.1. The van der Waals surface area contributed by atoms with Gasteiger partial charge in [0.1, 0.15) is 0 Å². The van der Waals surface area contributed by atoms with E-state index in [0.29, 0.717) is 13.0 Å². The Labute approximate surface area is 156 Å². The number of benzene rings is 2. The normalized spacial score (nSPS) is 17.8.